The number of hydrogen-bond acceptors (Lipinski definition) is 4. The van der Waals surface area contributed by atoms with Crippen molar-refractivity contribution in [1.29, 1.82) is 0 Å². The Labute approximate surface area is 149 Å². The van der Waals surface area contributed by atoms with Gasteiger partial charge in [-0.2, -0.15) is 0 Å². The summed E-state index contributed by atoms with van der Waals surface area (Å²) in [6.07, 6.45) is 0.929. The van der Waals surface area contributed by atoms with Crippen molar-refractivity contribution >= 4 is 17.6 Å². The molecule has 0 aliphatic carbocycles. The highest BCUT2D eigenvalue weighted by atomic mass is 35.5. The molecule has 2 heterocycles. The summed E-state index contributed by atoms with van der Waals surface area (Å²) in [6, 6.07) is 5.53. The highest BCUT2D eigenvalue weighted by Gasteiger charge is 2.23. The zero-order valence-corrected chi connectivity index (χ0v) is 15.3. The van der Waals surface area contributed by atoms with Gasteiger partial charge < -0.3 is 14.5 Å². The topological polar surface area (TPSA) is 48.9 Å². The van der Waals surface area contributed by atoms with Gasteiger partial charge in [0, 0.05) is 51.9 Å². The molecule has 7 heteroatoms. The molecule has 6 nitrogen and oxygen atoms in total. The standard InChI is InChI=1S/C17H27ClN4O2/c1-3-21(4-2)17(23)22-12-10-20(11-13-22)9-6-14-24-16-8-5-7-15(18)19-16/h5,7-8H,3-4,6,9-14H2,1-2H3. The smallest absolute Gasteiger partial charge is 0.320 e. The number of ether oxygens (including phenoxy) is 1. The summed E-state index contributed by atoms with van der Waals surface area (Å²) in [5.41, 5.74) is 0. The number of amides is 2. The molecule has 0 unspecified atom stereocenters. The van der Waals surface area contributed by atoms with Crippen molar-refractivity contribution in [2.45, 2.75) is 20.3 Å². The van der Waals surface area contributed by atoms with Crippen molar-refractivity contribution in [2.75, 3.05) is 52.4 Å². The highest BCUT2D eigenvalue weighted by Crippen LogP contribution is 2.12. The summed E-state index contributed by atoms with van der Waals surface area (Å²) >= 11 is 5.83. The number of pyridine rings is 1. The van der Waals surface area contributed by atoms with E-state index in [9.17, 15) is 4.79 Å². The van der Waals surface area contributed by atoms with Gasteiger partial charge in [-0.15, -0.1) is 0 Å². The molecule has 1 aliphatic heterocycles. The van der Waals surface area contributed by atoms with Crippen molar-refractivity contribution in [1.82, 2.24) is 19.7 Å². The Bertz CT molecular complexity index is 517. The largest absolute Gasteiger partial charge is 0.478 e. The molecular weight excluding hydrogens is 328 g/mol. The SMILES string of the molecule is CCN(CC)C(=O)N1CCN(CCCOc2cccc(Cl)n2)CC1. The Balaban J connectivity index is 1.64. The van der Waals surface area contributed by atoms with Crippen molar-refractivity contribution in [3.8, 4) is 5.88 Å². The van der Waals surface area contributed by atoms with E-state index in [-0.39, 0.29) is 6.03 Å². The van der Waals surface area contributed by atoms with E-state index in [1.165, 1.54) is 0 Å². The van der Waals surface area contributed by atoms with Gasteiger partial charge >= 0.3 is 6.03 Å². The van der Waals surface area contributed by atoms with Crippen LogP contribution in [-0.4, -0.2) is 78.1 Å². The molecule has 0 bridgehead atoms. The molecule has 1 saturated heterocycles. The van der Waals surface area contributed by atoms with Gasteiger partial charge in [0.15, 0.2) is 0 Å². The summed E-state index contributed by atoms with van der Waals surface area (Å²) in [4.78, 5) is 22.6. The number of nitrogens with zero attached hydrogens (tertiary/aromatic N) is 4. The second-order valence-corrected chi connectivity index (χ2v) is 6.17. The molecule has 2 amide bonds. The van der Waals surface area contributed by atoms with Gasteiger partial charge in [-0.05, 0) is 26.3 Å². The first kappa shape index (κ1) is 18.8. The van der Waals surface area contributed by atoms with Crippen molar-refractivity contribution < 1.29 is 9.53 Å². The molecule has 1 aromatic heterocycles. The molecule has 0 radical (unpaired) electrons. The normalized spacial score (nSPS) is 15.4. The molecule has 1 aromatic rings. The van der Waals surface area contributed by atoms with Crippen molar-refractivity contribution in [2.24, 2.45) is 0 Å². The monoisotopic (exact) mass is 354 g/mol. The van der Waals surface area contributed by atoms with E-state index >= 15 is 0 Å². The van der Waals surface area contributed by atoms with Gasteiger partial charge in [-0.1, -0.05) is 17.7 Å². The second kappa shape index (κ2) is 9.69. The van der Waals surface area contributed by atoms with Crippen LogP contribution in [0.25, 0.3) is 0 Å². The van der Waals surface area contributed by atoms with Gasteiger partial charge in [0.1, 0.15) is 5.15 Å². The average Bonchev–Trinajstić information content (AvgIpc) is 2.60. The van der Waals surface area contributed by atoms with Crippen LogP contribution in [0.1, 0.15) is 20.3 Å². The quantitative estimate of drug-likeness (QED) is 0.558. The van der Waals surface area contributed by atoms with Gasteiger partial charge in [-0.3, -0.25) is 4.90 Å². The van der Waals surface area contributed by atoms with Gasteiger partial charge in [0.05, 0.1) is 6.61 Å². The lowest BCUT2D eigenvalue weighted by atomic mass is 10.3. The maximum Gasteiger partial charge on any atom is 0.320 e. The number of rotatable bonds is 7. The van der Waals surface area contributed by atoms with Crippen LogP contribution in [0.4, 0.5) is 4.79 Å². The molecule has 1 fully saturated rings. The summed E-state index contributed by atoms with van der Waals surface area (Å²) in [5, 5.41) is 0.446. The molecule has 24 heavy (non-hydrogen) atoms. The number of urea groups is 1. The van der Waals surface area contributed by atoms with Crippen LogP contribution in [0, 0.1) is 0 Å². The van der Waals surface area contributed by atoms with Crippen LogP contribution >= 0.6 is 11.6 Å². The maximum absolute atomic E-state index is 12.3. The zero-order valence-electron chi connectivity index (χ0n) is 14.6. The van der Waals surface area contributed by atoms with E-state index in [0.717, 1.165) is 52.2 Å². The Morgan fingerprint density at radius 2 is 1.96 bits per heavy atom. The molecule has 0 spiro atoms. The summed E-state index contributed by atoms with van der Waals surface area (Å²) in [7, 11) is 0. The number of aromatic nitrogens is 1. The Kier molecular flexibility index (Phi) is 7.59. The van der Waals surface area contributed by atoms with E-state index in [1.54, 1.807) is 6.07 Å². The summed E-state index contributed by atoms with van der Waals surface area (Å²) in [5.74, 6) is 0.567. The van der Waals surface area contributed by atoms with Gasteiger partial charge in [-0.25, -0.2) is 9.78 Å². The fourth-order valence-electron chi connectivity index (χ4n) is 2.79. The van der Waals surface area contributed by atoms with Crippen LogP contribution in [0.2, 0.25) is 5.15 Å². The Morgan fingerprint density at radius 3 is 2.58 bits per heavy atom. The van der Waals surface area contributed by atoms with E-state index in [4.69, 9.17) is 16.3 Å². The summed E-state index contributed by atoms with van der Waals surface area (Å²) < 4.78 is 5.60. The van der Waals surface area contributed by atoms with E-state index in [0.29, 0.717) is 17.6 Å². The van der Waals surface area contributed by atoms with Crippen LogP contribution in [0.3, 0.4) is 0 Å². The second-order valence-electron chi connectivity index (χ2n) is 5.78. The van der Waals surface area contributed by atoms with Crippen molar-refractivity contribution in [3.63, 3.8) is 0 Å². The van der Waals surface area contributed by atoms with Crippen LogP contribution in [-0.2, 0) is 0 Å². The molecule has 134 valence electrons. The third-order valence-corrected chi connectivity index (χ3v) is 4.45. The lowest BCUT2D eigenvalue weighted by molar-refractivity contribution is 0.112. The molecule has 0 atom stereocenters. The highest BCUT2D eigenvalue weighted by molar-refractivity contribution is 6.29. The number of carbonyl (C=O) groups excluding carboxylic acids is 1. The Morgan fingerprint density at radius 1 is 1.25 bits per heavy atom. The van der Waals surface area contributed by atoms with E-state index in [2.05, 4.69) is 9.88 Å². The van der Waals surface area contributed by atoms with Crippen molar-refractivity contribution in [3.05, 3.63) is 23.4 Å². The molecule has 0 saturated carbocycles. The third-order valence-electron chi connectivity index (χ3n) is 4.23. The number of halogens is 1. The van der Waals surface area contributed by atoms with E-state index < -0.39 is 0 Å². The first-order valence-electron chi connectivity index (χ1n) is 8.65. The van der Waals surface area contributed by atoms with Crippen LogP contribution in [0.5, 0.6) is 5.88 Å². The molecule has 1 aliphatic rings. The fourth-order valence-corrected chi connectivity index (χ4v) is 2.95. The summed E-state index contributed by atoms with van der Waals surface area (Å²) in [6.45, 7) is 10.6. The minimum atomic E-state index is 0.162. The lowest BCUT2D eigenvalue weighted by Gasteiger charge is -2.37. The van der Waals surface area contributed by atoms with Crippen LogP contribution < -0.4 is 4.74 Å². The first-order chi connectivity index (χ1) is 11.6. The molecule has 0 N–H and O–H groups in total. The van der Waals surface area contributed by atoms with Gasteiger partial charge in [0.2, 0.25) is 5.88 Å². The average molecular weight is 355 g/mol. The van der Waals surface area contributed by atoms with Crippen LogP contribution in [0.15, 0.2) is 18.2 Å². The van der Waals surface area contributed by atoms with E-state index in [1.807, 2.05) is 35.8 Å². The number of piperazine rings is 1. The molecule has 2 rings (SSSR count). The number of hydrogen-bond donors (Lipinski definition) is 0. The third kappa shape index (κ3) is 5.53. The first-order valence-corrected chi connectivity index (χ1v) is 9.03. The lowest BCUT2D eigenvalue weighted by Crippen LogP contribution is -2.52. The molecule has 0 aromatic carbocycles. The Hall–Kier alpha value is -1.53. The number of carbonyl (C=O) groups is 1. The molecular formula is C17H27ClN4O2. The maximum atomic E-state index is 12.3. The predicted octanol–water partition coefficient (Wildman–Crippen LogP) is 2.58. The fraction of sp³-hybridized carbons (Fsp3) is 0.647. The van der Waals surface area contributed by atoms with Gasteiger partial charge in [0.25, 0.3) is 0 Å². The minimum Gasteiger partial charge on any atom is -0.478 e. The predicted molar refractivity (Wildman–Crippen MR) is 95.7 cm³/mol. The zero-order chi connectivity index (χ0) is 17.4. The minimum absolute atomic E-state index is 0.162.